The molecule has 2 amide bonds. The second-order valence-electron chi connectivity index (χ2n) is 6.86. The fourth-order valence-electron chi connectivity index (χ4n) is 2.97. The molecular formula is C22H26N2O3S. The average Bonchev–Trinajstić information content (AvgIpc) is 2.69. The summed E-state index contributed by atoms with van der Waals surface area (Å²) in [5.74, 6) is 0.576. The van der Waals surface area contributed by atoms with Crippen LogP contribution in [0.1, 0.15) is 44.7 Å². The first-order valence-electron chi connectivity index (χ1n) is 9.65. The molecule has 6 heteroatoms. The van der Waals surface area contributed by atoms with Crippen molar-refractivity contribution in [2.24, 2.45) is 0 Å². The third kappa shape index (κ3) is 5.29. The number of para-hydroxylation sites is 1. The molecule has 2 aromatic rings. The molecule has 1 aliphatic heterocycles. The van der Waals surface area contributed by atoms with E-state index in [2.05, 4.69) is 17.6 Å². The number of carbonyl (C=O) groups excluding carboxylic acids is 2. The van der Waals surface area contributed by atoms with Gasteiger partial charge in [-0.2, -0.15) is 0 Å². The molecule has 28 heavy (non-hydrogen) atoms. The maximum atomic E-state index is 12.5. The lowest BCUT2D eigenvalue weighted by atomic mass is 10.1. The van der Waals surface area contributed by atoms with Crippen molar-refractivity contribution in [2.45, 2.75) is 49.3 Å². The molecule has 0 aromatic heterocycles. The first-order chi connectivity index (χ1) is 13.6. The zero-order chi connectivity index (χ0) is 19.9. The largest absolute Gasteiger partial charge is 0.494 e. The van der Waals surface area contributed by atoms with Crippen molar-refractivity contribution in [1.82, 2.24) is 5.32 Å². The van der Waals surface area contributed by atoms with Gasteiger partial charge in [-0.1, -0.05) is 37.6 Å². The van der Waals surface area contributed by atoms with Gasteiger partial charge in [0.15, 0.2) is 0 Å². The number of amides is 2. The Morgan fingerprint density at radius 2 is 1.96 bits per heavy atom. The number of hydrogen-bond donors (Lipinski definition) is 2. The van der Waals surface area contributed by atoms with E-state index >= 15 is 0 Å². The highest BCUT2D eigenvalue weighted by Gasteiger charge is 2.29. The number of unbranched alkanes of at least 4 members (excludes halogenated alkanes) is 1. The maximum Gasteiger partial charge on any atom is 0.238 e. The molecule has 1 aliphatic rings. The number of fused-ring (bicyclic) bond motifs is 1. The second-order valence-corrected chi connectivity index (χ2v) is 8.10. The Hall–Kier alpha value is -2.47. The van der Waals surface area contributed by atoms with E-state index in [1.807, 2.05) is 55.5 Å². The minimum absolute atomic E-state index is 0.125. The van der Waals surface area contributed by atoms with E-state index in [-0.39, 0.29) is 24.3 Å². The van der Waals surface area contributed by atoms with E-state index in [9.17, 15) is 9.59 Å². The minimum Gasteiger partial charge on any atom is -0.494 e. The van der Waals surface area contributed by atoms with E-state index in [0.717, 1.165) is 34.7 Å². The number of hydrogen-bond acceptors (Lipinski definition) is 4. The lowest BCUT2D eigenvalue weighted by Crippen LogP contribution is -2.35. The van der Waals surface area contributed by atoms with Gasteiger partial charge in [-0.05, 0) is 43.2 Å². The Morgan fingerprint density at radius 3 is 2.71 bits per heavy atom. The predicted octanol–water partition coefficient (Wildman–Crippen LogP) is 4.55. The fourth-order valence-corrected chi connectivity index (χ4v) is 4.08. The van der Waals surface area contributed by atoms with Gasteiger partial charge in [0, 0.05) is 11.3 Å². The molecular weight excluding hydrogens is 372 g/mol. The van der Waals surface area contributed by atoms with Gasteiger partial charge in [-0.3, -0.25) is 9.59 Å². The summed E-state index contributed by atoms with van der Waals surface area (Å²) in [5, 5.41) is 5.44. The molecule has 0 aliphatic carbocycles. The lowest BCUT2D eigenvalue weighted by Gasteiger charge is -2.24. The van der Waals surface area contributed by atoms with E-state index in [0.29, 0.717) is 6.61 Å². The highest BCUT2D eigenvalue weighted by atomic mass is 32.2. The van der Waals surface area contributed by atoms with Crippen molar-refractivity contribution in [1.29, 1.82) is 0 Å². The average molecular weight is 399 g/mol. The molecule has 0 fully saturated rings. The summed E-state index contributed by atoms with van der Waals surface area (Å²) in [5.41, 5.74) is 1.81. The summed E-state index contributed by atoms with van der Waals surface area (Å²) in [7, 11) is 0. The summed E-state index contributed by atoms with van der Waals surface area (Å²) in [6.07, 6.45) is 2.28. The molecule has 0 unspecified atom stereocenters. The van der Waals surface area contributed by atoms with Crippen LogP contribution >= 0.6 is 11.8 Å². The third-order valence-electron chi connectivity index (χ3n) is 4.60. The summed E-state index contributed by atoms with van der Waals surface area (Å²) in [6, 6.07) is 15.3. The van der Waals surface area contributed by atoms with Gasteiger partial charge in [0.25, 0.3) is 0 Å². The minimum atomic E-state index is -0.420. The van der Waals surface area contributed by atoms with Gasteiger partial charge in [-0.15, -0.1) is 11.8 Å². The predicted molar refractivity (Wildman–Crippen MR) is 113 cm³/mol. The molecule has 0 bridgehead atoms. The Bertz CT molecular complexity index is 823. The summed E-state index contributed by atoms with van der Waals surface area (Å²) in [6.45, 7) is 4.78. The zero-order valence-electron chi connectivity index (χ0n) is 16.2. The number of nitrogens with one attached hydrogen (secondary N) is 2. The van der Waals surface area contributed by atoms with Gasteiger partial charge in [0.05, 0.1) is 23.6 Å². The monoisotopic (exact) mass is 398 g/mol. The van der Waals surface area contributed by atoms with Crippen molar-refractivity contribution < 1.29 is 14.3 Å². The van der Waals surface area contributed by atoms with Crippen LogP contribution in [0.4, 0.5) is 5.69 Å². The highest BCUT2D eigenvalue weighted by Crippen LogP contribution is 2.36. The Morgan fingerprint density at radius 1 is 1.21 bits per heavy atom. The molecule has 5 nitrogen and oxygen atoms in total. The molecule has 0 radical (unpaired) electrons. The van der Waals surface area contributed by atoms with Crippen molar-refractivity contribution in [2.75, 3.05) is 11.9 Å². The number of rotatable bonds is 8. The summed E-state index contributed by atoms with van der Waals surface area (Å²) in [4.78, 5) is 25.7. The molecule has 2 atom stereocenters. The first kappa shape index (κ1) is 20.3. The lowest BCUT2D eigenvalue weighted by molar-refractivity contribution is -0.124. The van der Waals surface area contributed by atoms with Gasteiger partial charge in [0.1, 0.15) is 5.75 Å². The smallest absolute Gasteiger partial charge is 0.238 e. The van der Waals surface area contributed by atoms with Crippen LogP contribution in [0, 0.1) is 0 Å². The molecule has 1 heterocycles. The van der Waals surface area contributed by atoms with E-state index in [1.165, 1.54) is 11.8 Å². The highest BCUT2D eigenvalue weighted by molar-refractivity contribution is 8.01. The van der Waals surface area contributed by atoms with Crippen LogP contribution in [0.25, 0.3) is 0 Å². The molecule has 0 saturated carbocycles. The number of anilines is 1. The number of carbonyl (C=O) groups is 2. The second kappa shape index (κ2) is 9.64. The van der Waals surface area contributed by atoms with Gasteiger partial charge in [-0.25, -0.2) is 0 Å². The standard InChI is InChI=1S/C22H26N2O3S/c1-3-4-13-27-17-11-9-16(10-12-17)15(2)23-21(25)14-20-22(26)24-18-7-5-6-8-19(18)28-20/h5-12,15,20H,3-4,13-14H2,1-2H3,(H,23,25)(H,24,26)/t15-,20+/m1/s1. The fraction of sp³-hybridized carbons (Fsp3) is 0.364. The van der Waals surface area contributed by atoms with Crippen LogP contribution in [-0.2, 0) is 9.59 Å². The third-order valence-corrected chi connectivity index (χ3v) is 5.88. The number of benzene rings is 2. The Balaban J connectivity index is 1.52. The molecule has 0 spiro atoms. The van der Waals surface area contributed by atoms with E-state index < -0.39 is 5.25 Å². The van der Waals surface area contributed by atoms with E-state index in [1.54, 1.807) is 0 Å². The van der Waals surface area contributed by atoms with Crippen LogP contribution in [0.5, 0.6) is 5.75 Å². The van der Waals surface area contributed by atoms with Crippen LogP contribution < -0.4 is 15.4 Å². The molecule has 148 valence electrons. The normalized spacial score (nSPS) is 16.6. The number of ether oxygens (including phenoxy) is 1. The molecule has 0 saturated heterocycles. The quantitative estimate of drug-likeness (QED) is 0.641. The van der Waals surface area contributed by atoms with Gasteiger partial charge in [0.2, 0.25) is 11.8 Å². The summed E-state index contributed by atoms with van der Waals surface area (Å²) < 4.78 is 5.67. The molecule has 2 N–H and O–H groups in total. The Kier molecular flexibility index (Phi) is 6.98. The van der Waals surface area contributed by atoms with Crippen molar-refractivity contribution in [3.05, 3.63) is 54.1 Å². The van der Waals surface area contributed by atoms with Gasteiger partial charge < -0.3 is 15.4 Å². The van der Waals surface area contributed by atoms with Crippen LogP contribution in [0.3, 0.4) is 0 Å². The van der Waals surface area contributed by atoms with Crippen LogP contribution in [0.15, 0.2) is 53.4 Å². The molecule has 3 rings (SSSR count). The zero-order valence-corrected chi connectivity index (χ0v) is 17.1. The van der Waals surface area contributed by atoms with Crippen molar-refractivity contribution in [3.63, 3.8) is 0 Å². The van der Waals surface area contributed by atoms with Gasteiger partial charge >= 0.3 is 0 Å². The van der Waals surface area contributed by atoms with E-state index in [4.69, 9.17) is 4.74 Å². The summed E-state index contributed by atoms with van der Waals surface area (Å²) >= 11 is 1.44. The topological polar surface area (TPSA) is 67.4 Å². The van der Waals surface area contributed by atoms with Crippen LogP contribution in [0.2, 0.25) is 0 Å². The van der Waals surface area contributed by atoms with Crippen molar-refractivity contribution >= 4 is 29.3 Å². The first-order valence-corrected chi connectivity index (χ1v) is 10.5. The maximum absolute atomic E-state index is 12.5. The number of thioether (sulfide) groups is 1. The molecule has 2 aromatic carbocycles. The Labute approximate surface area is 170 Å². The van der Waals surface area contributed by atoms with Crippen molar-refractivity contribution in [3.8, 4) is 5.75 Å². The SMILES string of the molecule is CCCCOc1ccc([C@@H](C)NC(=O)C[C@@H]2Sc3ccccc3NC2=O)cc1. The van der Waals surface area contributed by atoms with Crippen LogP contribution in [-0.4, -0.2) is 23.7 Å².